The van der Waals surface area contributed by atoms with Crippen LogP contribution in [0.3, 0.4) is 0 Å². The zero-order valence-corrected chi connectivity index (χ0v) is 34.3. The Morgan fingerprint density at radius 3 is 1.86 bits per heavy atom. The van der Waals surface area contributed by atoms with Crippen LogP contribution in [0.15, 0.2) is 121 Å². The van der Waals surface area contributed by atoms with Gasteiger partial charge < -0.3 is 4.90 Å². The van der Waals surface area contributed by atoms with Crippen LogP contribution in [-0.2, 0) is 5.41 Å². The maximum atomic E-state index is 2.61. The van der Waals surface area contributed by atoms with Gasteiger partial charge in [-0.15, -0.1) is 0 Å². The fraction of sp³-hybridized carbons (Fsp3) is 0.393. The molecule has 0 amide bonds. The lowest BCUT2D eigenvalue weighted by molar-refractivity contribution is 0.420. The van der Waals surface area contributed by atoms with Gasteiger partial charge in [-0.2, -0.15) is 0 Å². The van der Waals surface area contributed by atoms with E-state index < -0.39 is 0 Å². The first kappa shape index (κ1) is 35.5. The Hall–Kier alpha value is -4.62. The SMILES string of the molecule is CC1(C)c2ccccc2-c2cc(-c3ccc(C4CCCCC4)cc3)c(N(c3ccc(C4CC5CCC4C5)cc3)c3ccc4ccc(C5CCCCC5)cc4c3)cc21. The second-order valence-electron chi connectivity index (χ2n) is 19.4. The highest BCUT2D eigenvalue weighted by Crippen LogP contribution is 2.55. The van der Waals surface area contributed by atoms with Gasteiger partial charge in [-0.25, -0.2) is 0 Å². The van der Waals surface area contributed by atoms with Crippen molar-refractivity contribution in [3.05, 3.63) is 149 Å². The molecule has 4 saturated carbocycles. The first-order chi connectivity index (χ1) is 28.0. The lowest BCUT2D eigenvalue weighted by Gasteiger charge is -2.31. The summed E-state index contributed by atoms with van der Waals surface area (Å²) in [6.07, 6.45) is 19.2. The molecule has 57 heavy (non-hydrogen) atoms. The Morgan fingerprint density at radius 2 is 1.14 bits per heavy atom. The summed E-state index contributed by atoms with van der Waals surface area (Å²) in [5.41, 5.74) is 16.5. The first-order valence-electron chi connectivity index (χ1n) is 22.8. The molecule has 1 heteroatoms. The van der Waals surface area contributed by atoms with Crippen LogP contribution in [0.4, 0.5) is 17.1 Å². The van der Waals surface area contributed by atoms with E-state index in [1.807, 2.05) is 0 Å². The largest absolute Gasteiger partial charge is 0.310 e. The lowest BCUT2D eigenvalue weighted by atomic mass is 9.81. The number of hydrogen-bond donors (Lipinski definition) is 0. The van der Waals surface area contributed by atoms with Crippen molar-refractivity contribution < 1.29 is 0 Å². The van der Waals surface area contributed by atoms with Gasteiger partial charge in [0.25, 0.3) is 0 Å². The monoisotopic (exact) mass is 745 g/mol. The van der Waals surface area contributed by atoms with Crippen molar-refractivity contribution in [2.75, 3.05) is 4.90 Å². The maximum Gasteiger partial charge on any atom is 0.0543 e. The van der Waals surface area contributed by atoms with Crippen molar-refractivity contribution in [3.63, 3.8) is 0 Å². The summed E-state index contributed by atoms with van der Waals surface area (Å²) in [6, 6.07) is 48.5. The van der Waals surface area contributed by atoms with E-state index in [1.165, 1.54) is 162 Å². The van der Waals surface area contributed by atoms with E-state index in [2.05, 4.69) is 140 Å². The van der Waals surface area contributed by atoms with Crippen LogP contribution in [0.1, 0.15) is 149 Å². The summed E-state index contributed by atoms with van der Waals surface area (Å²) in [7, 11) is 0. The number of nitrogens with zero attached hydrogens (tertiary/aromatic N) is 1. The highest BCUT2D eigenvalue weighted by atomic mass is 15.1. The smallest absolute Gasteiger partial charge is 0.0543 e. The number of benzene rings is 6. The second-order valence-corrected chi connectivity index (χ2v) is 19.4. The van der Waals surface area contributed by atoms with Crippen molar-refractivity contribution in [1.82, 2.24) is 0 Å². The normalized spacial score (nSPS) is 22.8. The van der Waals surface area contributed by atoms with E-state index in [-0.39, 0.29) is 5.41 Å². The fourth-order valence-electron chi connectivity index (χ4n) is 12.6. The highest BCUT2D eigenvalue weighted by molar-refractivity contribution is 5.96. The van der Waals surface area contributed by atoms with Gasteiger partial charge in [-0.3, -0.25) is 0 Å². The third-order valence-electron chi connectivity index (χ3n) is 15.7. The molecule has 5 aliphatic carbocycles. The highest BCUT2D eigenvalue weighted by Gasteiger charge is 2.40. The van der Waals surface area contributed by atoms with Gasteiger partial charge in [0, 0.05) is 22.4 Å². The van der Waals surface area contributed by atoms with Crippen LogP contribution < -0.4 is 4.90 Å². The molecule has 6 aromatic rings. The van der Waals surface area contributed by atoms with Crippen molar-refractivity contribution in [1.29, 1.82) is 0 Å². The molecule has 11 rings (SSSR count). The second kappa shape index (κ2) is 14.3. The standard InChI is InChI=1S/C56H59N/c1-56(2)53-16-10-9-15-49(53)52-35-51(43-22-19-40(20-23-43)38-11-5-3-6-12-38)55(36-54(52)56)57(47-28-26-42(27-29-47)50-32-37-17-18-45(50)31-37)48-30-25-41-21-24-44(33-46(41)34-48)39-13-7-4-8-14-39/h9-10,15-16,19-30,33-39,45,50H,3-8,11-14,17-18,31-32H2,1-2H3. The quantitative estimate of drug-likeness (QED) is 0.157. The molecule has 0 spiro atoms. The van der Waals surface area contributed by atoms with E-state index in [4.69, 9.17) is 0 Å². The fourth-order valence-corrected chi connectivity index (χ4v) is 12.6. The molecule has 0 aliphatic heterocycles. The van der Waals surface area contributed by atoms with E-state index in [1.54, 1.807) is 5.56 Å². The first-order valence-corrected chi connectivity index (χ1v) is 22.8. The molecule has 0 radical (unpaired) electrons. The average molecular weight is 746 g/mol. The predicted octanol–water partition coefficient (Wildman–Crippen LogP) is 16.3. The summed E-state index contributed by atoms with van der Waals surface area (Å²) in [5.74, 6) is 3.92. The van der Waals surface area contributed by atoms with Crippen LogP contribution >= 0.6 is 0 Å². The molecule has 4 fully saturated rings. The number of hydrogen-bond acceptors (Lipinski definition) is 1. The van der Waals surface area contributed by atoms with Crippen LogP contribution in [-0.4, -0.2) is 0 Å². The van der Waals surface area contributed by atoms with Crippen molar-refractivity contribution in [2.45, 2.75) is 127 Å². The summed E-state index contributed by atoms with van der Waals surface area (Å²) >= 11 is 0. The topological polar surface area (TPSA) is 3.24 Å². The van der Waals surface area contributed by atoms with E-state index in [0.717, 1.165) is 17.8 Å². The Kier molecular flexibility index (Phi) is 8.94. The van der Waals surface area contributed by atoms with Crippen LogP contribution in [0, 0.1) is 11.8 Å². The van der Waals surface area contributed by atoms with E-state index >= 15 is 0 Å². The Balaban J connectivity index is 1.09. The summed E-state index contributed by atoms with van der Waals surface area (Å²) in [5, 5.41) is 2.68. The van der Waals surface area contributed by atoms with Crippen molar-refractivity contribution in [2.24, 2.45) is 11.8 Å². The van der Waals surface area contributed by atoms with Crippen LogP contribution in [0.25, 0.3) is 33.0 Å². The predicted molar refractivity (Wildman–Crippen MR) is 241 cm³/mol. The van der Waals surface area contributed by atoms with Gasteiger partial charge in [0.15, 0.2) is 0 Å². The molecule has 0 N–H and O–H groups in total. The zero-order chi connectivity index (χ0) is 38.1. The van der Waals surface area contributed by atoms with Gasteiger partial charge in [-0.1, -0.05) is 144 Å². The summed E-state index contributed by atoms with van der Waals surface area (Å²) in [4.78, 5) is 2.61. The minimum Gasteiger partial charge on any atom is -0.310 e. The van der Waals surface area contributed by atoms with Gasteiger partial charge in [0.05, 0.1) is 5.69 Å². The summed E-state index contributed by atoms with van der Waals surface area (Å²) in [6.45, 7) is 4.86. The van der Waals surface area contributed by atoms with Gasteiger partial charge in [-0.05, 0) is 166 Å². The Morgan fingerprint density at radius 1 is 0.474 bits per heavy atom. The van der Waals surface area contributed by atoms with Crippen LogP contribution in [0.2, 0.25) is 0 Å². The molecule has 1 nitrogen and oxygen atoms in total. The third kappa shape index (κ3) is 6.27. The lowest BCUT2D eigenvalue weighted by Crippen LogP contribution is -2.17. The molecule has 3 unspecified atom stereocenters. The van der Waals surface area contributed by atoms with Crippen molar-refractivity contribution in [3.8, 4) is 22.3 Å². The molecule has 0 heterocycles. The number of fused-ring (bicyclic) bond motifs is 6. The van der Waals surface area contributed by atoms with Crippen LogP contribution in [0.5, 0.6) is 0 Å². The van der Waals surface area contributed by atoms with Gasteiger partial charge >= 0.3 is 0 Å². The maximum absolute atomic E-state index is 2.61. The molecular formula is C56H59N. The molecule has 3 atom stereocenters. The number of anilines is 3. The Bertz CT molecular complexity index is 2420. The summed E-state index contributed by atoms with van der Waals surface area (Å²) < 4.78 is 0. The Labute approximate surface area is 341 Å². The van der Waals surface area contributed by atoms with Gasteiger partial charge in [0.1, 0.15) is 0 Å². The molecule has 5 aliphatic rings. The molecule has 6 aromatic carbocycles. The molecular weight excluding hydrogens is 687 g/mol. The van der Waals surface area contributed by atoms with E-state index in [0.29, 0.717) is 11.8 Å². The molecule has 0 saturated heterocycles. The van der Waals surface area contributed by atoms with Gasteiger partial charge in [0.2, 0.25) is 0 Å². The van der Waals surface area contributed by atoms with E-state index in [9.17, 15) is 0 Å². The average Bonchev–Trinajstić information content (AvgIpc) is 3.97. The third-order valence-corrected chi connectivity index (χ3v) is 15.7. The minimum absolute atomic E-state index is 0.0976. The number of rotatable bonds is 7. The van der Waals surface area contributed by atoms with Crippen molar-refractivity contribution >= 4 is 27.8 Å². The minimum atomic E-state index is -0.0976. The molecule has 288 valence electrons. The zero-order valence-electron chi connectivity index (χ0n) is 34.3. The molecule has 2 bridgehead atoms. The molecule has 0 aromatic heterocycles.